The normalized spacial score (nSPS) is 14.8. The minimum Gasteiger partial charge on any atom is -0.299 e. The van der Waals surface area contributed by atoms with Gasteiger partial charge in [-0.05, 0) is 44.0 Å². The Labute approximate surface area is 113 Å². The van der Waals surface area contributed by atoms with Gasteiger partial charge in [0.25, 0.3) is 0 Å². The van der Waals surface area contributed by atoms with Gasteiger partial charge in [-0.3, -0.25) is 4.90 Å². The van der Waals surface area contributed by atoms with Crippen molar-refractivity contribution in [2.24, 2.45) is 0 Å². The third-order valence-electron chi connectivity index (χ3n) is 3.40. The van der Waals surface area contributed by atoms with Crippen molar-refractivity contribution in [3.8, 4) is 11.5 Å². The molecule has 1 saturated carbocycles. The predicted octanol–water partition coefficient (Wildman–Crippen LogP) is 2.97. The maximum Gasteiger partial charge on any atom is 0.117 e. The fourth-order valence-electron chi connectivity index (χ4n) is 2.06. The van der Waals surface area contributed by atoms with E-state index < -0.39 is 8.80 Å². The smallest absolute Gasteiger partial charge is 0.117 e. The summed E-state index contributed by atoms with van der Waals surface area (Å²) in [6.45, 7) is 7.75. The molecule has 0 aliphatic heterocycles. The molecule has 1 aromatic rings. The number of nitrogens with zero attached hydrogens (tertiary/aromatic N) is 1. The second kappa shape index (κ2) is 5.73. The van der Waals surface area contributed by atoms with Gasteiger partial charge in [0.15, 0.2) is 0 Å². The van der Waals surface area contributed by atoms with E-state index in [0.717, 1.165) is 12.6 Å². The van der Waals surface area contributed by atoms with Crippen LogP contribution in [0.1, 0.15) is 29.5 Å². The number of benzene rings is 1. The molecule has 0 bridgehead atoms. The highest BCUT2D eigenvalue weighted by Crippen LogP contribution is 2.26. The molecular weight excluding hydrogens is 234 g/mol. The summed E-state index contributed by atoms with van der Waals surface area (Å²) in [5.74, 6) is 3.36. The number of rotatable bonds is 3. The fourth-order valence-corrected chi connectivity index (χ4v) is 2.50. The molecule has 2 rings (SSSR count). The van der Waals surface area contributed by atoms with Crippen molar-refractivity contribution in [2.45, 2.75) is 45.4 Å². The van der Waals surface area contributed by atoms with Crippen LogP contribution in [0.5, 0.6) is 0 Å². The Morgan fingerprint density at radius 2 is 2.06 bits per heavy atom. The highest BCUT2D eigenvalue weighted by Gasteiger charge is 2.25. The summed E-state index contributed by atoms with van der Waals surface area (Å²) in [7, 11) is 1.44. The molecule has 1 aliphatic rings. The van der Waals surface area contributed by atoms with E-state index in [1.165, 1.54) is 29.5 Å². The Balaban J connectivity index is 2.13. The Kier molecular flexibility index (Phi) is 4.26. The first-order valence-corrected chi connectivity index (χ1v) is 9.76. The maximum atomic E-state index is 3.39. The topological polar surface area (TPSA) is 3.24 Å². The molecule has 0 saturated heterocycles. The summed E-state index contributed by atoms with van der Waals surface area (Å²) in [5, 5.41) is 0. The molecule has 0 N–H and O–H groups in total. The number of hydrogen-bond acceptors (Lipinski definition) is 1. The molecule has 1 aliphatic carbocycles. The maximum absolute atomic E-state index is 3.39. The van der Waals surface area contributed by atoms with Crippen molar-refractivity contribution in [1.29, 1.82) is 0 Å². The Morgan fingerprint density at radius 3 is 2.67 bits per heavy atom. The van der Waals surface area contributed by atoms with E-state index in [1.807, 2.05) is 0 Å². The predicted molar refractivity (Wildman–Crippen MR) is 81.4 cm³/mol. The van der Waals surface area contributed by atoms with Crippen LogP contribution in [0, 0.1) is 18.4 Å². The second-order valence-corrected chi connectivity index (χ2v) is 8.32. The molecular formula is C16H23NSi. The van der Waals surface area contributed by atoms with Crippen molar-refractivity contribution in [2.75, 3.05) is 7.05 Å². The van der Waals surface area contributed by atoms with Crippen LogP contribution in [0.4, 0.5) is 0 Å². The van der Waals surface area contributed by atoms with Crippen LogP contribution in [0.25, 0.3) is 0 Å². The van der Waals surface area contributed by atoms with E-state index in [1.54, 1.807) is 0 Å². The zero-order valence-corrected chi connectivity index (χ0v) is 13.1. The minimum atomic E-state index is -0.783. The fraction of sp³-hybridized carbons (Fsp3) is 0.500. The first kappa shape index (κ1) is 13.4. The molecule has 1 nitrogen and oxygen atoms in total. The largest absolute Gasteiger partial charge is 0.299 e. The van der Waals surface area contributed by atoms with Crippen molar-refractivity contribution < 1.29 is 0 Å². The first-order valence-electron chi connectivity index (χ1n) is 6.87. The van der Waals surface area contributed by atoms with Crippen LogP contribution in [0.15, 0.2) is 18.2 Å². The van der Waals surface area contributed by atoms with E-state index in [9.17, 15) is 0 Å². The standard InChI is InChI=1S/C16H23NSi/c1-13-5-6-14(12-17(2)16-7-8-16)11-15(13)9-10-18(3)4/h5-6,11,16,18H,7-8,12H2,1-4H3. The summed E-state index contributed by atoms with van der Waals surface area (Å²) < 4.78 is 0. The average Bonchev–Trinajstić information content (AvgIpc) is 3.13. The first-order chi connectivity index (χ1) is 8.56. The molecule has 1 aromatic carbocycles. The summed E-state index contributed by atoms with van der Waals surface area (Å²) >= 11 is 0. The van der Waals surface area contributed by atoms with E-state index in [2.05, 4.69) is 61.6 Å². The SMILES string of the molecule is Cc1ccc(CN(C)C2CC2)cc1C#C[SiH](C)C. The zero-order chi connectivity index (χ0) is 13.1. The van der Waals surface area contributed by atoms with Gasteiger partial charge in [0.2, 0.25) is 0 Å². The molecule has 0 atom stereocenters. The van der Waals surface area contributed by atoms with Crippen LogP contribution in [0.2, 0.25) is 13.1 Å². The summed E-state index contributed by atoms with van der Waals surface area (Å²) in [6, 6.07) is 7.55. The van der Waals surface area contributed by atoms with E-state index >= 15 is 0 Å². The lowest BCUT2D eigenvalue weighted by Crippen LogP contribution is -2.19. The third-order valence-corrected chi connectivity index (χ3v) is 4.12. The summed E-state index contributed by atoms with van der Waals surface area (Å²) in [4.78, 5) is 2.46. The van der Waals surface area contributed by atoms with Crippen LogP contribution < -0.4 is 0 Å². The Bertz CT molecular complexity index is 478. The van der Waals surface area contributed by atoms with Crippen LogP contribution in [0.3, 0.4) is 0 Å². The van der Waals surface area contributed by atoms with Gasteiger partial charge < -0.3 is 0 Å². The van der Waals surface area contributed by atoms with Gasteiger partial charge in [-0.15, -0.1) is 5.54 Å². The van der Waals surface area contributed by atoms with E-state index in [-0.39, 0.29) is 0 Å². The lowest BCUT2D eigenvalue weighted by Gasteiger charge is -2.16. The lowest BCUT2D eigenvalue weighted by molar-refractivity contribution is 0.316. The molecule has 0 amide bonds. The van der Waals surface area contributed by atoms with Gasteiger partial charge >= 0.3 is 0 Å². The van der Waals surface area contributed by atoms with Gasteiger partial charge in [0.05, 0.1) is 0 Å². The van der Waals surface area contributed by atoms with Crippen LogP contribution in [-0.2, 0) is 6.54 Å². The van der Waals surface area contributed by atoms with E-state index in [4.69, 9.17) is 0 Å². The highest BCUT2D eigenvalue weighted by molar-refractivity contribution is 6.64. The molecule has 0 spiro atoms. The molecule has 1 fully saturated rings. The van der Waals surface area contributed by atoms with E-state index in [0.29, 0.717) is 0 Å². The number of hydrogen-bond donors (Lipinski definition) is 0. The highest BCUT2D eigenvalue weighted by atomic mass is 28.3. The Hall–Kier alpha value is -1.04. The Morgan fingerprint density at radius 1 is 1.33 bits per heavy atom. The molecule has 0 aromatic heterocycles. The van der Waals surface area contributed by atoms with Gasteiger partial charge in [-0.1, -0.05) is 31.1 Å². The molecule has 0 unspecified atom stereocenters. The van der Waals surface area contributed by atoms with Gasteiger partial charge in [-0.2, -0.15) is 0 Å². The average molecular weight is 257 g/mol. The molecule has 2 heteroatoms. The monoisotopic (exact) mass is 257 g/mol. The molecule has 0 radical (unpaired) electrons. The number of aryl methyl sites for hydroxylation is 1. The molecule has 18 heavy (non-hydrogen) atoms. The quantitative estimate of drug-likeness (QED) is 0.594. The molecule has 0 heterocycles. The second-order valence-electron chi connectivity index (χ2n) is 5.72. The zero-order valence-electron chi connectivity index (χ0n) is 12.0. The summed E-state index contributed by atoms with van der Waals surface area (Å²) in [6.07, 6.45) is 2.74. The minimum absolute atomic E-state index is 0.783. The van der Waals surface area contributed by atoms with Crippen molar-refractivity contribution in [1.82, 2.24) is 4.90 Å². The lowest BCUT2D eigenvalue weighted by atomic mass is 10.1. The van der Waals surface area contributed by atoms with Crippen LogP contribution >= 0.6 is 0 Å². The van der Waals surface area contributed by atoms with Crippen molar-refractivity contribution in [3.05, 3.63) is 34.9 Å². The van der Waals surface area contributed by atoms with Gasteiger partial charge in [0.1, 0.15) is 8.80 Å². The molecule has 96 valence electrons. The van der Waals surface area contributed by atoms with Crippen LogP contribution in [-0.4, -0.2) is 26.8 Å². The van der Waals surface area contributed by atoms with Crippen molar-refractivity contribution >= 4 is 8.80 Å². The van der Waals surface area contributed by atoms with Gasteiger partial charge in [-0.25, -0.2) is 0 Å². The summed E-state index contributed by atoms with van der Waals surface area (Å²) in [5.41, 5.74) is 7.31. The van der Waals surface area contributed by atoms with Crippen molar-refractivity contribution in [3.63, 3.8) is 0 Å². The van der Waals surface area contributed by atoms with Gasteiger partial charge in [0, 0.05) is 18.2 Å². The third kappa shape index (κ3) is 3.73.